The van der Waals surface area contributed by atoms with Gasteiger partial charge in [0.15, 0.2) is 0 Å². The maximum absolute atomic E-state index is 13.0. The van der Waals surface area contributed by atoms with E-state index in [1.807, 2.05) is 83.7 Å². The summed E-state index contributed by atoms with van der Waals surface area (Å²) in [7, 11) is 0. The largest absolute Gasteiger partial charge is 0.491 e. The Bertz CT molecular complexity index is 2920. The van der Waals surface area contributed by atoms with E-state index in [4.69, 9.17) is 19.3 Å². The molecule has 0 aromatic heterocycles. The first-order valence-electron chi connectivity index (χ1n) is 26.1. The van der Waals surface area contributed by atoms with Gasteiger partial charge in [0.05, 0.1) is 6.10 Å². The number of aryl methyl sites for hydroxylation is 4. The number of carboxylic acids is 1. The number of rotatable bonds is 18. The standard InChI is InChI=1S/C30H34F6O5.C30H32F6O4/c1-5-27(6-2,23-12-13-25(20(4)17-23)41-18-24(37)8-7-9-26(38)39)22-11-10-21(19(3)16-22)14-15-28(40,29(31,32)33)30(34,35)36;1-5-27(6-2,23-12-13-25(20(4)17-23)39-18-24-8-7-9-26(37)40-24)22-11-10-21(19(3)16-22)14-15-28(38,29(31,32)33)30(34,35)36/h10-13,16-17,24,37,40H,5-9,18H2,1-4H3,(H,38,39);10-13,16-17,24,38H,5-9,18H2,1-4H3/t2*24-/m00/s1. The van der Waals surface area contributed by atoms with Crippen molar-refractivity contribution in [3.05, 3.63) is 128 Å². The Morgan fingerprint density at radius 2 is 0.975 bits per heavy atom. The minimum absolute atomic E-state index is 0.00794. The number of cyclic esters (lactones) is 1. The zero-order valence-electron chi connectivity index (χ0n) is 45.9. The lowest BCUT2D eigenvalue weighted by atomic mass is 9.70. The number of aliphatic carboxylic acids is 1. The summed E-state index contributed by atoms with van der Waals surface area (Å²) in [5, 5.41) is 37.5. The van der Waals surface area contributed by atoms with E-state index in [0.29, 0.717) is 61.2 Å². The second kappa shape index (κ2) is 26.7. The molecule has 1 aliphatic heterocycles. The van der Waals surface area contributed by atoms with Crippen LogP contribution in [0.2, 0.25) is 0 Å². The van der Waals surface area contributed by atoms with Gasteiger partial charge in [-0.15, -0.1) is 0 Å². The molecule has 5 rings (SSSR count). The van der Waals surface area contributed by atoms with E-state index in [2.05, 4.69) is 0 Å². The van der Waals surface area contributed by atoms with Crippen LogP contribution in [0.3, 0.4) is 0 Å². The number of hydrogen-bond donors (Lipinski definition) is 4. The van der Waals surface area contributed by atoms with E-state index in [0.717, 1.165) is 58.1 Å². The van der Waals surface area contributed by atoms with Crippen LogP contribution in [0.1, 0.15) is 148 Å². The molecule has 0 amide bonds. The van der Waals surface area contributed by atoms with Crippen molar-refractivity contribution in [2.75, 3.05) is 13.2 Å². The number of benzene rings is 4. The summed E-state index contributed by atoms with van der Waals surface area (Å²) in [6.45, 7) is 15.0. The Hall–Kier alpha value is -6.42. The van der Waals surface area contributed by atoms with Gasteiger partial charge < -0.3 is 34.6 Å². The first-order chi connectivity index (χ1) is 37.5. The quantitative estimate of drug-likeness (QED) is 0.0435. The van der Waals surface area contributed by atoms with E-state index in [1.165, 1.54) is 19.1 Å². The number of hydrogen-bond acceptors (Lipinski definition) is 8. The van der Waals surface area contributed by atoms with Crippen LogP contribution in [-0.2, 0) is 25.2 Å². The molecule has 21 heteroatoms. The SMILES string of the molecule is CCC(CC)(c1ccc(C#CC(O)(C(F)(F)F)C(F)(F)F)c(C)c1)c1ccc(OC[C@@H](O)CCCC(=O)O)c(C)c1.CCC(CC)(c1ccc(C#CC(O)(C(F)(F)F)C(F)(F)F)c(C)c1)c1ccc(OC[C@@H]2CCCC(=O)O2)c(C)c1. The van der Waals surface area contributed by atoms with Gasteiger partial charge in [0.2, 0.25) is 0 Å². The Kier molecular flexibility index (Phi) is 22.1. The predicted molar refractivity (Wildman–Crippen MR) is 278 cm³/mol. The number of esters is 1. The molecule has 1 fully saturated rings. The average Bonchev–Trinajstić information content (AvgIpc) is 3.38. The molecule has 0 unspecified atom stereocenters. The number of aliphatic hydroxyl groups is 3. The smallest absolute Gasteiger partial charge is 0.438 e. The van der Waals surface area contributed by atoms with Gasteiger partial charge in [0.1, 0.15) is 30.8 Å². The molecule has 2 atom stereocenters. The van der Waals surface area contributed by atoms with Gasteiger partial charge in [0.25, 0.3) is 0 Å². The lowest BCUT2D eigenvalue weighted by Crippen LogP contribution is -2.55. The molecule has 81 heavy (non-hydrogen) atoms. The molecule has 0 spiro atoms. The molecular weight excluding hydrogens is 1090 g/mol. The highest BCUT2D eigenvalue weighted by atomic mass is 19.4. The molecule has 1 heterocycles. The number of carboxylic acid groups (broad SMARTS) is 1. The zero-order chi connectivity index (χ0) is 61.2. The van der Waals surface area contributed by atoms with E-state index < -0.39 is 58.8 Å². The van der Waals surface area contributed by atoms with Crippen LogP contribution in [0.15, 0.2) is 72.8 Å². The number of ether oxygens (including phenoxy) is 3. The van der Waals surface area contributed by atoms with Crippen LogP contribution in [0.25, 0.3) is 0 Å². The topological polar surface area (TPSA) is 143 Å². The molecule has 9 nitrogen and oxygen atoms in total. The highest BCUT2D eigenvalue weighted by Gasteiger charge is 2.71. The molecule has 444 valence electrons. The second-order valence-corrected chi connectivity index (χ2v) is 20.1. The van der Waals surface area contributed by atoms with Crippen molar-refractivity contribution in [1.29, 1.82) is 0 Å². The first-order valence-corrected chi connectivity index (χ1v) is 26.1. The Labute approximate surface area is 463 Å². The Morgan fingerprint density at radius 3 is 1.31 bits per heavy atom. The van der Waals surface area contributed by atoms with Crippen molar-refractivity contribution in [1.82, 2.24) is 0 Å². The second-order valence-electron chi connectivity index (χ2n) is 20.1. The summed E-state index contributed by atoms with van der Waals surface area (Å²) < 4.78 is 173. The third-order valence-electron chi connectivity index (χ3n) is 14.8. The van der Waals surface area contributed by atoms with Gasteiger partial charge in [-0.25, -0.2) is 0 Å². The lowest BCUT2D eigenvalue weighted by Gasteiger charge is -2.34. The monoisotopic (exact) mass is 1160 g/mol. The van der Waals surface area contributed by atoms with E-state index in [-0.39, 0.29) is 49.3 Å². The summed E-state index contributed by atoms with van der Waals surface area (Å²) in [4.78, 5) is 22.2. The maximum Gasteiger partial charge on any atom is 0.438 e. The van der Waals surface area contributed by atoms with Crippen LogP contribution in [0, 0.1) is 51.4 Å². The molecule has 0 bridgehead atoms. The molecule has 0 saturated carbocycles. The zero-order valence-corrected chi connectivity index (χ0v) is 45.9. The van der Waals surface area contributed by atoms with Crippen LogP contribution >= 0.6 is 0 Å². The van der Waals surface area contributed by atoms with E-state index in [9.17, 15) is 77.6 Å². The highest BCUT2D eigenvalue weighted by molar-refractivity contribution is 5.70. The first kappa shape index (κ1) is 67.1. The summed E-state index contributed by atoms with van der Waals surface area (Å²) in [6, 6.07) is 20.7. The normalized spacial score (nSPS) is 15.0. The number of halogens is 12. The summed E-state index contributed by atoms with van der Waals surface area (Å²) in [5.41, 5.74) is -5.62. The van der Waals surface area contributed by atoms with Crippen LogP contribution < -0.4 is 9.47 Å². The van der Waals surface area contributed by atoms with Crippen LogP contribution in [0.4, 0.5) is 52.7 Å². The van der Waals surface area contributed by atoms with E-state index >= 15 is 0 Å². The van der Waals surface area contributed by atoms with Crippen molar-refractivity contribution in [2.24, 2.45) is 0 Å². The Morgan fingerprint density at radius 1 is 0.605 bits per heavy atom. The van der Waals surface area contributed by atoms with Gasteiger partial charge in [-0.2, -0.15) is 52.7 Å². The van der Waals surface area contributed by atoms with Gasteiger partial charge in [-0.05, 0) is 160 Å². The fourth-order valence-corrected chi connectivity index (χ4v) is 9.64. The molecule has 4 aromatic rings. The van der Waals surface area contributed by atoms with Gasteiger partial charge >= 0.3 is 47.8 Å². The fourth-order valence-electron chi connectivity index (χ4n) is 9.64. The third-order valence-corrected chi connectivity index (χ3v) is 14.8. The van der Waals surface area contributed by atoms with Crippen LogP contribution in [0.5, 0.6) is 11.5 Å². The minimum atomic E-state index is -6.03. The maximum atomic E-state index is 13.0. The summed E-state index contributed by atoms with van der Waals surface area (Å²) >= 11 is 0. The van der Waals surface area contributed by atoms with Crippen molar-refractivity contribution >= 4 is 11.9 Å². The molecule has 1 saturated heterocycles. The third kappa shape index (κ3) is 15.6. The Balaban J connectivity index is 0.000000348. The minimum Gasteiger partial charge on any atom is -0.491 e. The molecule has 0 aliphatic carbocycles. The number of carbonyl (C=O) groups is 2. The van der Waals surface area contributed by atoms with Crippen molar-refractivity contribution in [3.8, 4) is 35.2 Å². The summed E-state index contributed by atoms with van der Waals surface area (Å²) in [6.07, 6.45) is -20.2. The molecule has 1 aliphatic rings. The van der Waals surface area contributed by atoms with Crippen molar-refractivity contribution < 1.29 is 96.9 Å². The molecule has 0 radical (unpaired) electrons. The lowest BCUT2D eigenvalue weighted by molar-refractivity contribution is -0.344. The van der Waals surface area contributed by atoms with Crippen molar-refractivity contribution in [2.45, 2.75) is 179 Å². The van der Waals surface area contributed by atoms with Gasteiger partial charge in [0, 0.05) is 34.8 Å². The molecular formula is C60H66F12O9. The average molecular weight is 1160 g/mol. The number of aliphatic hydroxyl groups excluding tert-OH is 1. The van der Waals surface area contributed by atoms with E-state index in [1.54, 1.807) is 37.3 Å². The van der Waals surface area contributed by atoms with Gasteiger partial charge in [-0.1, -0.05) is 88.1 Å². The van der Waals surface area contributed by atoms with Crippen molar-refractivity contribution in [3.63, 3.8) is 0 Å². The molecule has 4 aromatic carbocycles. The number of alkyl halides is 12. The van der Waals surface area contributed by atoms with Crippen LogP contribution in [-0.4, -0.2) is 93.7 Å². The highest BCUT2D eigenvalue weighted by Crippen LogP contribution is 2.46. The molecule has 4 N–H and O–H groups in total. The van der Waals surface area contributed by atoms with Gasteiger partial charge in [-0.3, -0.25) is 9.59 Å². The summed E-state index contributed by atoms with van der Waals surface area (Å²) in [5.74, 6) is 5.80. The number of carbonyl (C=O) groups excluding carboxylic acids is 1. The fraction of sp³-hybridized carbons (Fsp3) is 0.500. The predicted octanol–water partition coefficient (Wildman–Crippen LogP) is 13.7.